The van der Waals surface area contributed by atoms with Crippen LogP contribution < -0.4 is 5.32 Å². The summed E-state index contributed by atoms with van der Waals surface area (Å²) >= 11 is 0. The Labute approximate surface area is 121 Å². The van der Waals surface area contributed by atoms with E-state index in [1.54, 1.807) is 6.07 Å². The van der Waals surface area contributed by atoms with Crippen molar-refractivity contribution in [1.82, 2.24) is 4.57 Å². The first-order valence-corrected chi connectivity index (χ1v) is 6.63. The molecule has 2 aromatic carbocycles. The molecule has 1 heterocycles. The predicted molar refractivity (Wildman–Crippen MR) is 79.5 cm³/mol. The Hall–Kier alpha value is -2.62. The largest absolute Gasteiger partial charge is 0.381 e. The third-order valence-electron chi connectivity index (χ3n) is 3.23. The van der Waals surface area contributed by atoms with E-state index in [1.165, 1.54) is 6.07 Å². The lowest BCUT2D eigenvalue weighted by molar-refractivity contribution is 0.507. The van der Waals surface area contributed by atoms with Crippen LogP contribution in [-0.2, 0) is 6.54 Å². The molecular weight excluding hydrogens is 270 g/mol. The van der Waals surface area contributed by atoms with E-state index in [0.29, 0.717) is 12.1 Å². The number of hydrogen-bond acceptors (Lipinski definition) is 1. The highest BCUT2D eigenvalue weighted by Crippen LogP contribution is 2.16. The van der Waals surface area contributed by atoms with Gasteiger partial charge in [-0.1, -0.05) is 12.1 Å². The molecule has 0 amide bonds. The predicted octanol–water partition coefficient (Wildman–Crippen LogP) is 4.37. The van der Waals surface area contributed by atoms with Gasteiger partial charge in [-0.05, 0) is 48.0 Å². The number of nitrogens with zero attached hydrogens (tertiary/aromatic N) is 1. The van der Waals surface area contributed by atoms with Gasteiger partial charge in [0.15, 0.2) is 11.6 Å². The highest BCUT2D eigenvalue weighted by Gasteiger charge is 2.03. The third kappa shape index (κ3) is 3.11. The fourth-order valence-corrected chi connectivity index (χ4v) is 2.14. The lowest BCUT2D eigenvalue weighted by atomic mass is 10.2. The number of nitrogens with one attached hydrogen (secondary N) is 1. The van der Waals surface area contributed by atoms with Gasteiger partial charge < -0.3 is 9.88 Å². The summed E-state index contributed by atoms with van der Waals surface area (Å²) in [4.78, 5) is 0. The Bertz CT molecular complexity index is 736. The van der Waals surface area contributed by atoms with Crippen molar-refractivity contribution in [1.29, 1.82) is 0 Å². The normalized spacial score (nSPS) is 10.6. The number of hydrogen-bond donors (Lipinski definition) is 1. The SMILES string of the molecule is Fc1ccc(CNc2cccc(-n3cccc3)c2)cc1F. The zero-order chi connectivity index (χ0) is 14.7. The van der Waals surface area contributed by atoms with Crippen LogP contribution in [0.5, 0.6) is 0 Å². The topological polar surface area (TPSA) is 17.0 Å². The van der Waals surface area contributed by atoms with E-state index in [2.05, 4.69) is 5.32 Å². The van der Waals surface area contributed by atoms with Gasteiger partial charge in [0.25, 0.3) is 0 Å². The average Bonchev–Trinajstić information content (AvgIpc) is 3.03. The second-order valence-corrected chi connectivity index (χ2v) is 4.74. The lowest BCUT2D eigenvalue weighted by Gasteiger charge is -2.09. The molecule has 1 aromatic heterocycles. The highest BCUT2D eigenvalue weighted by atomic mass is 19.2. The van der Waals surface area contributed by atoms with Gasteiger partial charge in [-0.2, -0.15) is 0 Å². The molecule has 0 saturated heterocycles. The van der Waals surface area contributed by atoms with E-state index in [4.69, 9.17) is 0 Å². The van der Waals surface area contributed by atoms with Crippen LogP contribution in [0.25, 0.3) is 5.69 Å². The monoisotopic (exact) mass is 284 g/mol. The molecule has 0 fully saturated rings. The van der Waals surface area contributed by atoms with Gasteiger partial charge in [-0.15, -0.1) is 0 Å². The van der Waals surface area contributed by atoms with Crippen molar-refractivity contribution in [2.75, 3.05) is 5.32 Å². The number of aromatic nitrogens is 1. The Kier molecular flexibility index (Phi) is 3.69. The zero-order valence-electron chi connectivity index (χ0n) is 11.3. The van der Waals surface area contributed by atoms with Crippen molar-refractivity contribution >= 4 is 5.69 Å². The molecule has 0 bridgehead atoms. The van der Waals surface area contributed by atoms with E-state index >= 15 is 0 Å². The standard InChI is InChI=1S/C17H14F2N2/c18-16-7-6-13(10-17(16)19)12-20-14-4-3-5-15(11-14)21-8-1-2-9-21/h1-11,20H,12H2. The van der Waals surface area contributed by atoms with Gasteiger partial charge in [0.05, 0.1) is 0 Å². The fourth-order valence-electron chi connectivity index (χ4n) is 2.14. The number of rotatable bonds is 4. The van der Waals surface area contributed by atoms with Crippen LogP contribution in [0.2, 0.25) is 0 Å². The quantitative estimate of drug-likeness (QED) is 0.753. The second-order valence-electron chi connectivity index (χ2n) is 4.74. The van der Waals surface area contributed by atoms with Crippen molar-refractivity contribution in [3.63, 3.8) is 0 Å². The van der Waals surface area contributed by atoms with Crippen LogP contribution in [0.4, 0.5) is 14.5 Å². The smallest absolute Gasteiger partial charge is 0.159 e. The molecular formula is C17H14F2N2. The molecule has 4 heteroatoms. The van der Waals surface area contributed by atoms with Crippen LogP contribution in [0.3, 0.4) is 0 Å². The summed E-state index contributed by atoms with van der Waals surface area (Å²) < 4.78 is 28.0. The Morgan fingerprint density at radius 2 is 1.67 bits per heavy atom. The lowest BCUT2D eigenvalue weighted by Crippen LogP contribution is -2.01. The van der Waals surface area contributed by atoms with Crippen LogP contribution in [0.1, 0.15) is 5.56 Å². The molecule has 1 N–H and O–H groups in total. The molecule has 0 radical (unpaired) electrons. The molecule has 3 aromatic rings. The molecule has 3 rings (SSSR count). The fraction of sp³-hybridized carbons (Fsp3) is 0.0588. The molecule has 0 atom stereocenters. The van der Waals surface area contributed by atoms with Gasteiger partial charge >= 0.3 is 0 Å². The Morgan fingerprint density at radius 3 is 2.43 bits per heavy atom. The zero-order valence-corrected chi connectivity index (χ0v) is 11.3. The maximum absolute atomic E-state index is 13.1. The van der Waals surface area contributed by atoms with Crippen molar-refractivity contribution < 1.29 is 8.78 Å². The minimum absolute atomic E-state index is 0.437. The van der Waals surface area contributed by atoms with Crippen LogP contribution in [0, 0.1) is 11.6 Å². The van der Waals surface area contributed by atoms with Gasteiger partial charge in [0.1, 0.15) is 0 Å². The van der Waals surface area contributed by atoms with Crippen LogP contribution >= 0.6 is 0 Å². The van der Waals surface area contributed by atoms with Crippen molar-refractivity contribution in [3.8, 4) is 5.69 Å². The highest BCUT2D eigenvalue weighted by molar-refractivity contribution is 5.51. The minimum atomic E-state index is -0.826. The first-order valence-electron chi connectivity index (χ1n) is 6.63. The van der Waals surface area contributed by atoms with Crippen molar-refractivity contribution in [2.24, 2.45) is 0 Å². The Morgan fingerprint density at radius 1 is 0.857 bits per heavy atom. The first kappa shape index (κ1) is 13.4. The maximum Gasteiger partial charge on any atom is 0.159 e. The summed E-state index contributed by atoms with van der Waals surface area (Å²) in [5.41, 5.74) is 2.65. The summed E-state index contributed by atoms with van der Waals surface area (Å²) in [5.74, 6) is -1.65. The van der Waals surface area contributed by atoms with E-state index in [1.807, 2.05) is 53.4 Å². The van der Waals surface area contributed by atoms with E-state index in [0.717, 1.165) is 17.4 Å². The van der Waals surface area contributed by atoms with Crippen LogP contribution in [0.15, 0.2) is 67.0 Å². The molecule has 0 spiro atoms. The van der Waals surface area contributed by atoms with Gasteiger partial charge in [-0.3, -0.25) is 0 Å². The number of halogens is 2. The van der Waals surface area contributed by atoms with Crippen molar-refractivity contribution in [3.05, 3.63) is 84.2 Å². The average molecular weight is 284 g/mol. The number of benzene rings is 2. The third-order valence-corrected chi connectivity index (χ3v) is 3.23. The molecule has 21 heavy (non-hydrogen) atoms. The van der Waals surface area contributed by atoms with Gasteiger partial charge in [-0.25, -0.2) is 8.78 Å². The summed E-state index contributed by atoms with van der Waals surface area (Å²) in [5, 5.41) is 3.21. The molecule has 0 saturated carbocycles. The van der Waals surface area contributed by atoms with Crippen LogP contribution in [-0.4, -0.2) is 4.57 Å². The number of anilines is 1. The van der Waals surface area contributed by atoms with Gasteiger partial charge in [0, 0.05) is 30.3 Å². The van der Waals surface area contributed by atoms with E-state index in [9.17, 15) is 8.78 Å². The summed E-state index contributed by atoms with van der Waals surface area (Å²) in [7, 11) is 0. The molecule has 106 valence electrons. The minimum Gasteiger partial charge on any atom is -0.381 e. The van der Waals surface area contributed by atoms with E-state index in [-0.39, 0.29) is 0 Å². The first-order chi connectivity index (χ1) is 10.2. The summed E-state index contributed by atoms with van der Waals surface area (Å²) in [6, 6.07) is 15.7. The molecule has 0 unspecified atom stereocenters. The van der Waals surface area contributed by atoms with Gasteiger partial charge in [0.2, 0.25) is 0 Å². The molecule has 0 aliphatic heterocycles. The molecule has 0 aliphatic carbocycles. The maximum atomic E-state index is 13.1. The summed E-state index contributed by atoms with van der Waals surface area (Å²) in [6.45, 7) is 0.437. The second kappa shape index (κ2) is 5.79. The summed E-state index contributed by atoms with van der Waals surface area (Å²) in [6.07, 6.45) is 3.93. The molecule has 2 nitrogen and oxygen atoms in total. The Balaban J connectivity index is 1.73. The van der Waals surface area contributed by atoms with Crippen molar-refractivity contribution in [2.45, 2.75) is 6.54 Å². The molecule has 0 aliphatic rings. The van der Waals surface area contributed by atoms with E-state index < -0.39 is 11.6 Å².